The maximum atomic E-state index is 13.7. The smallest absolute Gasteiger partial charge is 0.243 e. The van der Waals surface area contributed by atoms with Crippen molar-refractivity contribution in [2.45, 2.75) is 51.7 Å². The van der Waals surface area contributed by atoms with Crippen LogP contribution in [0.4, 0.5) is 0 Å². The van der Waals surface area contributed by atoms with Gasteiger partial charge < -0.3 is 24.4 Å². The molecule has 0 fully saturated rings. The molecular weight excluding hydrogens is 480 g/mol. The van der Waals surface area contributed by atoms with Gasteiger partial charge in [-0.05, 0) is 67.8 Å². The van der Waals surface area contributed by atoms with Crippen molar-refractivity contribution in [3.05, 3.63) is 90.0 Å². The van der Waals surface area contributed by atoms with Crippen LogP contribution >= 0.6 is 0 Å². The molecule has 3 aromatic carbocycles. The van der Waals surface area contributed by atoms with Gasteiger partial charge in [0.25, 0.3) is 0 Å². The van der Waals surface area contributed by atoms with Gasteiger partial charge in [-0.25, -0.2) is 0 Å². The molecule has 0 heterocycles. The van der Waals surface area contributed by atoms with Crippen molar-refractivity contribution in [1.29, 1.82) is 0 Å². The number of nitrogens with zero attached hydrogens (tertiary/aromatic N) is 1. The van der Waals surface area contributed by atoms with E-state index < -0.39 is 6.04 Å². The fourth-order valence-electron chi connectivity index (χ4n) is 4.13. The number of benzene rings is 3. The molecule has 1 atom stereocenters. The second-order valence-corrected chi connectivity index (χ2v) is 9.37. The fraction of sp³-hybridized carbons (Fsp3) is 0.355. The molecule has 0 radical (unpaired) electrons. The Labute approximate surface area is 225 Å². The molecule has 202 valence electrons. The fourth-order valence-corrected chi connectivity index (χ4v) is 4.13. The van der Waals surface area contributed by atoms with Crippen LogP contribution < -0.4 is 19.5 Å². The molecule has 1 N–H and O–H groups in total. The summed E-state index contributed by atoms with van der Waals surface area (Å²) in [5, 5.41) is 3.01. The lowest BCUT2D eigenvalue weighted by Crippen LogP contribution is -2.51. The lowest BCUT2D eigenvalue weighted by molar-refractivity contribution is -0.141. The number of carbonyl (C=O) groups is 2. The van der Waals surface area contributed by atoms with Crippen molar-refractivity contribution in [2.24, 2.45) is 0 Å². The van der Waals surface area contributed by atoms with Gasteiger partial charge in [-0.3, -0.25) is 9.59 Å². The number of methoxy groups -OCH3 is 2. The first kappa shape index (κ1) is 28.6. The van der Waals surface area contributed by atoms with Gasteiger partial charge in [-0.1, -0.05) is 42.5 Å². The number of hydrogen-bond donors (Lipinski definition) is 1. The molecule has 7 heteroatoms. The lowest BCUT2D eigenvalue weighted by Gasteiger charge is -2.32. The lowest BCUT2D eigenvalue weighted by atomic mass is 10.0. The number of nitrogens with one attached hydrogen (secondary N) is 1. The summed E-state index contributed by atoms with van der Waals surface area (Å²) in [6, 6.07) is 24.0. The van der Waals surface area contributed by atoms with Gasteiger partial charge in [0.1, 0.15) is 23.3 Å². The van der Waals surface area contributed by atoms with E-state index in [1.807, 2.05) is 92.7 Å². The Kier molecular flexibility index (Phi) is 11.0. The van der Waals surface area contributed by atoms with E-state index >= 15 is 0 Å². The summed E-state index contributed by atoms with van der Waals surface area (Å²) in [7, 11) is 3.23. The minimum Gasteiger partial charge on any atom is -0.497 e. The molecular formula is C31H38N2O5. The molecule has 7 nitrogen and oxygen atoms in total. The average molecular weight is 519 g/mol. The third-order valence-corrected chi connectivity index (χ3v) is 6.05. The Morgan fingerprint density at radius 3 is 2.13 bits per heavy atom. The van der Waals surface area contributed by atoms with Crippen LogP contribution in [0.25, 0.3) is 0 Å². The first-order chi connectivity index (χ1) is 18.4. The van der Waals surface area contributed by atoms with E-state index in [1.54, 1.807) is 19.1 Å². The van der Waals surface area contributed by atoms with Crippen molar-refractivity contribution >= 4 is 11.8 Å². The highest BCUT2D eigenvalue weighted by atomic mass is 16.5. The molecule has 0 saturated carbocycles. The number of ether oxygens (including phenoxy) is 3. The number of amides is 2. The number of rotatable bonds is 14. The van der Waals surface area contributed by atoms with E-state index in [9.17, 15) is 9.59 Å². The van der Waals surface area contributed by atoms with Gasteiger partial charge in [0.05, 0.1) is 20.8 Å². The highest BCUT2D eigenvalue weighted by Gasteiger charge is 2.30. The van der Waals surface area contributed by atoms with E-state index in [0.29, 0.717) is 37.5 Å². The summed E-state index contributed by atoms with van der Waals surface area (Å²) >= 11 is 0. The second kappa shape index (κ2) is 14.7. The maximum absolute atomic E-state index is 13.7. The Morgan fingerprint density at radius 1 is 0.816 bits per heavy atom. The molecule has 0 bridgehead atoms. The van der Waals surface area contributed by atoms with Crippen molar-refractivity contribution in [1.82, 2.24) is 10.2 Å². The molecule has 0 aliphatic carbocycles. The minimum atomic E-state index is -0.666. The van der Waals surface area contributed by atoms with Crippen LogP contribution in [0.1, 0.15) is 37.8 Å². The predicted octanol–water partition coefficient (Wildman–Crippen LogP) is 5.03. The van der Waals surface area contributed by atoms with Gasteiger partial charge >= 0.3 is 0 Å². The Morgan fingerprint density at radius 2 is 1.47 bits per heavy atom. The van der Waals surface area contributed by atoms with Gasteiger partial charge in [-0.2, -0.15) is 0 Å². The highest BCUT2D eigenvalue weighted by molar-refractivity contribution is 5.88. The quantitative estimate of drug-likeness (QED) is 0.303. The van der Waals surface area contributed by atoms with Gasteiger partial charge in [-0.15, -0.1) is 0 Å². The minimum absolute atomic E-state index is 0.0487. The molecule has 2 amide bonds. The topological polar surface area (TPSA) is 77.1 Å². The second-order valence-electron chi connectivity index (χ2n) is 9.37. The zero-order valence-corrected chi connectivity index (χ0v) is 22.7. The van der Waals surface area contributed by atoms with Crippen LogP contribution in [0.15, 0.2) is 78.9 Å². The molecule has 0 spiro atoms. The highest BCUT2D eigenvalue weighted by Crippen LogP contribution is 2.20. The summed E-state index contributed by atoms with van der Waals surface area (Å²) in [6.07, 6.45) is 1.18. The summed E-state index contributed by atoms with van der Waals surface area (Å²) in [4.78, 5) is 28.8. The van der Waals surface area contributed by atoms with Crippen LogP contribution in [0, 0.1) is 0 Å². The van der Waals surface area contributed by atoms with Crippen LogP contribution in [0.3, 0.4) is 0 Å². The van der Waals surface area contributed by atoms with E-state index in [2.05, 4.69) is 5.32 Å². The van der Waals surface area contributed by atoms with Crippen molar-refractivity contribution in [3.63, 3.8) is 0 Å². The van der Waals surface area contributed by atoms with Gasteiger partial charge in [0.15, 0.2) is 0 Å². The molecule has 3 rings (SSSR count). The molecule has 0 aromatic heterocycles. The first-order valence-corrected chi connectivity index (χ1v) is 12.9. The number of carbonyl (C=O) groups excluding carboxylic acids is 2. The van der Waals surface area contributed by atoms with Gasteiger partial charge in [0.2, 0.25) is 11.8 Å². The summed E-state index contributed by atoms with van der Waals surface area (Å²) in [6.45, 7) is 4.51. The Balaban J connectivity index is 1.78. The predicted molar refractivity (Wildman–Crippen MR) is 148 cm³/mol. The first-order valence-electron chi connectivity index (χ1n) is 12.9. The number of hydrogen-bond acceptors (Lipinski definition) is 5. The van der Waals surface area contributed by atoms with Crippen LogP contribution in [0.2, 0.25) is 0 Å². The zero-order chi connectivity index (χ0) is 27.3. The summed E-state index contributed by atoms with van der Waals surface area (Å²) in [5.41, 5.74) is 1.88. The molecule has 0 saturated heterocycles. The third-order valence-electron chi connectivity index (χ3n) is 6.05. The van der Waals surface area contributed by atoms with Crippen LogP contribution in [0.5, 0.6) is 17.2 Å². The molecule has 0 aliphatic heterocycles. The summed E-state index contributed by atoms with van der Waals surface area (Å²) in [5.74, 6) is 1.89. The third kappa shape index (κ3) is 8.83. The monoisotopic (exact) mass is 518 g/mol. The van der Waals surface area contributed by atoms with E-state index in [0.717, 1.165) is 16.9 Å². The van der Waals surface area contributed by atoms with Crippen molar-refractivity contribution in [2.75, 3.05) is 20.8 Å². The summed E-state index contributed by atoms with van der Waals surface area (Å²) < 4.78 is 16.4. The maximum Gasteiger partial charge on any atom is 0.243 e. The normalized spacial score (nSPS) is 11.5. The van der Waals surface area contributed by atoms with E-state index in [4.69, 9.17) is 14.2 Å². The van der Waals surface area contributed by atoms with Gasteiger partial charge in [0, 0.05) is 25.4 Å². The molecule has 38 heavy (non-hydrogen) atoms. The van der Waals surface area contributed by atoms with Crippen molar-refractivity contribution < 1.29 is 23.8 Å². The van der Waals surface area contributed by atoms with Crippen LogP contribution in [-0.2, 0) is 22.6 Å². The van der Waals surface area contributed by atoms with E-state index in [-0.39, 0.29) is 24.3 Å². The largest absolute Gasteiger partial charge is 0.497 e. The molecule has 0 unspecified atom stereocenters. The van der Waals surface area contributed by atoms with E-state index in [1.165, 1.54) is 0 Å². The Bertz CT molecular complexity index is 1150. The Hall–Kier alpha value is -4.00. The SMILES string of the molecule is COc1ccc(OCCCC(=O)N(Cc2cccc(OC)c2)[C@H](Cc2ccccc2)C(=O)NC(C)C)cc1. The molecule has 0 aliphatic rings. The molecule has 3 aromatic rings. The van der Waals surface area contributed by atoms with Crippen LogP contribution in [-0.4, -0.2) is 49.6 Å². The standard InChI is InChI=1S/C31H38N2O5/c1-23(2)32-31(35)29(21-24-10-6-5-7-11-24)33(22-25-12-8-13-28(20-25)37-4)30(34)14-9-19-38-27-17-15-26(36-3)16-18-27/h5-8,10-13,15-18,20,23,29H,9,14,19,21-22H2,1-4H3,(H,32,35)/t29-/m1/s1. The van der Waals surface area contributed by atoms with Crippen molar-refractivity contribution in [3.8, 4) is 17.2 Å². The zero-order valence-electron chi connectivity index (χ0n) is 22.7. The average Bonchev–Trinajstić information content (AvgIpc) is 2.93.